The van der Waals surface area contributed by atoms with Gasteiger partial charge in [0.15, 0.2) is 0 Å². The van der Waals surface area contributed by atoms with Gasteiger partial charge < -0.3 is 14.5 Å². The van der Waals surface area contributed by atoms with Gasteiger partial charge in [0.2, 0.25) is 0 Å². The third-order valence-electron chi connectivity index (χ3n) is 8.98. The molecule has 4 rings (SSSR count). The highest BCUT2D eigenvalue weighted by molar-refractivity contribution is 5.72. The fourth-order valence-corrected chi connectivity index (χ4v) is 7.50. The number of benzene rings is 1. The van der Waals surface area contributed by atoms with Crippen molar-refractivity contribution in [2.45, 2.75) is 83.6 Å². The first-order valence-corrected chi connectivity index (χ1v) is 13.0. The number of ether oxygens (including phenoxy) is 1. The first-order chi connectivity index (χ1) is 15.3. The maximum atomic E-state index is 11.9. The van der Waals surface area contributed by atoms with Gasteiger partial charge in [0.1, 0.15) is 5.75 Å². The molecule has 0 aliphatic heterocycles. The predicted octanol–water partition coefficient (Wildman–Crippen LogP) is 5.50. The number of aryl methyl sites for hydroxylation is 1. The Kier molecular flexibility index (Phi) is 7.31. The molecule has 0 aromatic heterocycles. The van der Waals surface area contributed by atoms with Crippen molar-refractivity contribution in [1.82, 2.24) is 9.80 Å². The molecule has 5 atom stereocenters. The zero-order chi connectivity index (χ0) is 22.9. The van der Waals surface area contributed by atoms with E-state index in [0.29, 0.717) is 17.8 Å². The molecule has 0 radical (unpaired) electrons. The maximum absolute atomic E-state index is 11.9. The summed E-state index contributed by atoms with van der Waals surface area (Å²) in [7, 11) is 6.72. The molecular weight excluding hydrogens is 396 g/mol. The highest BCUT2D eigenvalue weighted by atomic mass is 16.5. The third kappa shape index (κ3) is 4.63. The highest BCUT2D eigenvalue weighted by Gasteiger charge is 2.55. The number of nitrogens with zero attached hydrogens (tertiary/aromatic N) is 2. The van der Waals surface area contributed by atoms with E-state index < -0.39 is 0 Å². The Balaban J connectivity index is 1.45. The second-order valence-electron chi connectivity index (χ2n) is 11.3. The van der Waals surface area contributed by atoms with Gasteiger partial charge in [-0.05, 0) is 132 Å². The van der Waals surface area contributed by atoms with Gasteiger partial charge in [0.25, 0.3) is 0 Å². The molecule has 0 unspecified atom stereocenters. The molecule has 0 spiro atoms. The van der Waals surface area contributed by atoms with E-state index in [9.17, 15) is 4.79 Å². The summed E-state index contributed by atoms with van der Waals surface area (Å²) in [6, 6.07) is 7.21. The summed E-state index contributed by atoms with van der Waals surface area (Å²) in [4.78, 5) is 16.9. The Bertz CT molecular complexity index is 807. The normalized spacial score (nSPS) is 31.3. The molecule has 178 valence electrons. The molecule has 4 heteroatoms. The van der Waals surface area contributed by atoms with E-state index in [4.69, 9.17) is 4.74 Å². The lowest BCUT2D eigenvalue weighted by molar-refractivity contribution is -0.134. The first kappa shape index (κ1) is 23.8. The van der Waals surface area contributed by atoms with Crippen LogP contribution in [0.4, 0.5) is 0 Å². The van der Waals surface area contributed by atoms with Crippen molar-refractivity contribution in [2.24, 2.45) is 17.3 Å². The van der Waals surface area contributed by atoms with E-state index in [1.807, 2.05) is 13.0 Å². The molecular formula is C28H44N2O2. The summed E-state index contributed by atoms with van der Waals surface area (Å²) in [5, 5.41) is 0. The van der Waals surface area contributed by atoms with Crippen LogP contribution in [-0.4, -0.2) is 56.0 Å². The van der Waals surface area contributed by atoms with Gasteiger partial charge in [-0.3, -0.25) is 4.79 Å². The Hall–Kier alpha value is -1.39. The van der Waals surface area contributed by atoms with Crippen molar-refractivity contribution < 1.29 is 9.53 Å². The van der Waals surface area contributed by atoms with Crippen LogP contribution in [-0.2, 0) is 11.2 Å². The van der Waals surface area contributed by atoms with Crippen LogP contribution in [0.25, 0.3) is 0 Å². The SMILES string of the molecule is CCCC(=O)Oc1ccc2c(c1)CC[C@@H]1[C@@H]2CC[C@]2(C)[C@@H](N(C)CCCN(C)C)CC[C@@H]12. The molecule has 0 N–H and O–H groups in total. The molecule has 3 aliphatic carbocycles. The Morgan fingerprint density at radius 1 is 1.12 bits per heavy atom. The Labute approximate surface area is 195 Å². The summed E-state index contributed by atoms with van der Waals surface area (Å²) in [5.74, 6) is 2.98. The highest BCUT2D eigenvalue weighted by Crippen LogP contribution is 2.61. The summed E-state index contributed by atoms with van der Waals surface area (Å²) in [6.07, 6.45) is 10.4. The van der Waals surface area contributed by atoms with Gasteiger partial charge in [-0.2, -0.15) is 0 Å². The second-order valence-corrected chi connectivity index (χ2v) is 11.3. The minimum atomic E-state index is -0.110. The molecule has 1 aromatic rings. The molecule has 2 fully saturated rings. The van der Waals surface area contributed by atoms with Gasteiger partial charge in [-0.25, -0.2) is 0 Å². The van der Waals surface area contributed by atoms with Crippen LogP contribution in [0.3, 0.4) is 0 Å². The third-order valence-corrected chi connectivity index (χ3v) is 8.98. The first-order valence-electron chi connectivity index (χ1n) is 13.0. The van der Waals surface area contributed by atoms with Crippen LogP contribution < -0.4 is 4.74 Å². The van der Waals surface area contributed by atoms with Gasteiger partial charge in [0.05, 0.1) is 0 Å². The van der Waals surface area contributed by atoms with Crippen molar-refractivity contribution in [3.63, 3.8) is 0 Å². The number of hydrogen-bond acceptors (Lipinski definition) is 4. The standard InChI is InChI=1S/C28H44N2O2/c1-6-8-27(31)32-21-10-12-22-20(19-21)9-11-24-23(22)15-16-28(2)25(24)13-14-26(28)30(5)18-7-17-29(3)4/h10,12,19,23-26H,6-9,11,13-18H2,1-5H3/t23-,24-,25+,26+,28+/m1/s1. The van der Waals surface area contributed by atoms with E-state index in [2.05, 4.69) is 50.0 Å². The number of rotatable bonds is 8. The molecule has 0 amide bonds. The molecule has 0 heterocycles. The largest absolute Gasteiger partial charge is 0.427 e. The van der Waals surface area contributed by atoms with Gasteiger partial charge >= 0.3 is 5.97 Å². The van der Waals surface area contributed by atoms with Crippen molar-refractivity contribution >= 4 is 5.97 Å². The monoisotopic (exact) mass is 440 g/mol. The molecule has 0 saturated heterocycles. The fraction of sp³-hybridized carbons (Fsp3) is 0.750. The van der Waals surface area contributed by atoms with Gasteiger partial charge in [-0.15, -0.1) is 0 Å². The van der Waals surface area contributed by atoms with Crippen LogP contribution in [0.2, 0.25) is 0 Å². The van der Waals surface area contributed by atoms with Crippen molar-refractivity contribution in [3.8, 4) is 5.75 Å². The van der Waals surface area contributed by atoms with E-state index in [1.54, 1.807) is 5.56 Å². The topological polar surface area (TPSA) is 32.8 Å². The maximum Gasteiger partial charge on any atom is 0.311 e. The zero-order valence-corrected chi connectivity index (χ0v) is 21.0. The van der Waals surface area contributed by atoms with Gasteiger partial charge in [-0.1, -0.05) is 19.9 Å². The van der Waals surface area contributed by atoms with E-state index in [1.165, 1.54) is 57.2 Å². The van der Waals surface area contributed by atoms with E-state index in [-0.39, 0.29) is 5.97 Å². The number of carbonyl (C=O) groups excluding carboxylic acids is 1. The average molecular weight is 441 g/mol. The molecule has 4 nitrogen and oxygen atoms in total. The van der Waals surface area contributed by atoms with Crippen molar-refractivity contribution in [3.05, 3.63) is 29.3 Å². The van der Waals surface area contributed by atoms with Crippen molar-refractivity contribution in [2.75, 3.05) is 34.2 Å². The molecule has 1 aromatic carbocycles. The van der Waals surface area contributed by atoms with Gasteiger partial charge in [0, 0.05) is 12.5 Å². The molecule has 32 heavy (non-hydrogen) atoms. The lowest BCUT2D eigenvalue weighted by Gasteiger charge is -2.52. The molecule has 0 bridgehead atoms. The lowest BCUT2D eigenvalue weighted by atomic mass is 9.55. The fourth-order valence-electron chi connectivity index (χ4n) is 7.50. The minimum absolute atomic E-state index is 0.110. The zero-order valence-electron chi connectivity index (χ0n) is 21.0. The van der Waals surface area contributed by atoms with Crippen LogP contribution in [0.1, 0.15) is 82.3 Å². The van der Waals surface area contributed by atoms with Crippen LogP contribution in [0.15, 0.2) is 18.2 Å². The summed E-state index contributed by atoms with van der Waals surface area (Å²) in [6.45, 7) is 7.01. The quantitative estimate of drug-likeness (QED) is 0.395. The summed E-state index contributed by atoms with van der Waals surface area (Å²) >= 11 is 0. The second kappa shape index (κ2) is 9.85. The van der Waals surface area contributed by atoms with Crippen LogP contribution in [0, 0.1) is 17.3 Å². The predicted molar refractivity (Wildman–Crippen MR) is 131 cm³/mol. The number of carbonyl (C=O) groups is 1. The molecule has 2 saturated carbocycles. The average Bonchev–Trinajstić information content (AvgIpc) is 3.10. The minimum Gasteiger partial charge on any atom is -0.427 e. The smallest absolute Gasteiger partial charge is 0.311 e. The molecule has 3 aliphatic rings. The van der Waals surface area contributed by atoms with E-state index in [0.717, 1.165) is 36.5 Å². The number of fused-ring (bicyclic) bond motifs is 5. The Morgan fingerprint density at radius 2 is 1.94 bits per heavy atom. The number of esters is 1. The van der Waals surface area contributed by atoms with E-state index >= 15 is 0 Å². The lowest BCUT2D eigenvalue weighted by Crippen LogP contribution is -2.49. The van der Waals surface area contributed by atoms with Crippen molar-refractivity contribution in [1.29, 1.82) is 0 Å². The number of hydrogen-bond donors (Lipinski definition) is 0. The Morgan fingerprint density at radius 3 is 2.69 bits per heavy atom. The summed E-state index contributed by atoms with van der Waals surface area (Å²) < 4.78 is 5.58. The van der Waals surface area contributed by atoms with Crippen LogP contribution >= 0.6 is 0 Å². The summed E-state index contributed by atoms with van der Waals surface area (Å²) in [5.41, 5.74) is 3.43. The van der Waals surface area contributed by atoms with Crippen LogP contribution in [0.5, 0.6) is 5.75 Å².